The molecule has 0 bridgehead atoms. The zero-order chi connectivity index (χ0) is 16.5. The van der Waals surface area contributed by atoms with E-state index in [0.717, 1.165) is 19.5 Å². The molecule has 0 aliphatic carbocycles. The molecule has 126 valence electrons. The number of hydrogen-bond acceptors (Lipinski definition) is 4. The smallest absolute Gasteiger partial charge is 0.258 e. The minimum atomic E-state index is -0.137. The Morgan fingerprint density at radius 1 is 1.25 bits per heavy atom. The lowest BCUT2D eigenvalue weighted by molar-refractivity contribution is -0.130. The molecule has 6 heteroatoms. The van der Waals surface area contributed by atoms with Crippen LogP contribution in [0.15, 0.2) is 29.1 Å². The number of aromatic amines is 1. The van der Waals surface area contributed by atoms with Gasteiger partial charge in [0.2, 0.25) is 5.91 Å². The van der Waals surface area contributed by atoms with Gasteiger partial charge in [0.1, 0.15) is 5.82 Å². The summed E-state index contributed by atoms with van der Waals surface area (Å²) < 4.78 is 0. The molecular weight excluding hydrogens is 304 g/mol. The van der Waals surface area contributed by atoms with Crippen LogP contribution in [0.2, 0.25) is 0 Å². The van der Waals surface area contributed by atoms with E-state index in [2.05, 4.69) is 14.9 Å². The second-order valence-electron chi connectivity index (χ2n) is 6.70. The van der Waals surface area contributed by atoms with Crippen LogP contribution in [0, 0.1) is 0 Å². The Balaban J connectivity index is 1.38. The molecule has 6 nitrogen and oxygen atoms in total. The quantitative estimate of drug-likeness (QED) is 0.915. The minimum Gasteiger partial charge on any atom is -0.341 e. The Hall–Kier alpha value is -2.21. The number of amides is 1. The maximum Gasteiger partial charge on any atom is 0.258 e. The normalized spacial score (nSPS) is 21.2. The van der Waals surface area contributed by atoms with Crippen LogP contribution in [-0.2, 0) is 11.2 Å². The molecule has 0 radical (unpaired) electrons. The van der Waals surface area contributed by atoms with Crippen LogP contribution >= 0.6 is 0 Å². The van der Waals surface area contributed by atoms with Crippen LogP contribution < -0.4 is 5.56 Å². The largest absolute Gasteiger partial charge is 0.341 e. The number of likely N-dealkylation sites (tertiary alicyclic amines) is 2. The average Bonchev–Trinajstić information content (AvgIpc) is 3.00. The van der Waals surface area contributed by atoms with Gasteiger partial charge < -0.3 is 9.88 Å². The summed E-state index contributed by atoms with van der Waals surface area (Å²) in [5.74, 6) is 0.749. The molecule has 0 unspecified atom stereocenters. The first kappa shape index (κ1) is 15.3. The Morgan fingerprint density at radius 2 is 2.08 bits per heavy atom. The number of H-pyrrole nitrogens is 1. The predicted molar refractivity (Wildman–Crippen MR) is 91.9 cm³/mol. The van der Waals surface area contributed by atoms with Gasteiger partial charge in [0.05, 0.1) is 10.9 Å². The minimum absolute atomic E-state index is 0.137. The Bertz CT molecular complexity index is 812. The highest BCUT2D eigenvalue weighted by Crippen LogP contribution is 2.21. The molecule has 0 spiro atoms. The molecule has 1 aromatic carbocycles. The third-order valence-electron chi connectivity index (χ3n) is 5.16. The van der Waals surface area contributed by atoms with Gasteiger partial charge in [-0.2, -0.15) is 0 Å². The van der Waals surface area contributed by atoms with E-state index in [4.69, 9.17) is 0 Å². The summed E-state index contributed by atoms with van der Waals surface area (Å²) in [6.07, 6.45) is 3.24. The SMILES string of the molecule is O=C(CCc1nc2ccccc2c(=O)[nH]1)N1CC[C@H](N2CCC2)C1. The van der Waals surface area contributed by atoms with Crippen molar-refractivity contribution in [1.29, 1.82) is 0 Å². The van der Waals surface area contributed by atoms with Crippen LogP contribution in [0.5, 0.6) is 0 Å². The van der Waals surface area contributed by atoms with Crippen LogP contribution in [0.4, 0.5) is 0 Å². The summed E-state index contributed by atoms with van der Waals surface area (Å²) in [6.45, 7) is 4.05. The van der Waals surface area contributed by atoms with Crippen molar-refractivity contribution in [3.8, 4) is 0 Å². The molecule has 1 atom stereocenters. The monoisotopic (exact) mass is 326 g/mol. The van der Waals surface area contributed by atoms with E-state index >= 15 is 0 Å². The number of aryl methyl sites for hydroxylation is 1. The zero-order valence-corrected chi connectivity index (χ0v) is 13.7. The van der Waals surface area contributed by atoms with Crippen LogP contribution in [0.3, 0.4) is 0 Å². The Kier molecular flexibility index (Phi) is 4.06. The zero-order valence-electron chi connectivity index (χ0n) is 13.7. The number of benzene rings is 1. The standard InChI is InChI=1S/C18H22N4O2/c23-17(22-11-8-13(12-22)21-9-3-10-21)7-6-16-19-15-5-2-1-4-14(15)18(24)20-16/h1-2,4-5,13H,3,6-12H2,(H,19,20,24)/t13-/m0/s1. The molecular formula is C18H22N4O2. The molecule has 2 saturated heterocycles. The summed E-state index contributed by atoms with van der Waals surface area (Å²) in [7, 11) is 0. The van der Waals surface area contributed by atoms with E-state index in [0.29, 0.717) is 35.6 Å². The number of nitrogens with zero attached hydrogens (tertiary/aromatic N) is 3. The fourth-order valence-electron chi connectivity index (χ4n) is 3.61. The number of fused-ring (bicyclic) bond motifs is 1. The van der Waals surface area contributed by atoms with Crippen molar-refractivity contribution in [2.45, 2.75) is 31.7 Å². The summed E-state index contributed by atoms with van der Waals surface area (Å²) in [4.78, 5) is 36.2. The number of hydrogen-bond donors (Lipinski definition) is 1. The van der Waals surface area contributed by atoms with Crippen LogP contribution in [0.1, 0.15) is 25.1 Å². The maximum absolute atomic E-state index is 12.4. The van der Waals surface area contributed by atoms with E-state index in [9.17, 15) is 9.59 Å². The first-order valence-electron chi connectivity index (χ1n) is 8.70. The fraction of sp³-hybridized carbons (Fsp3) is 0.500. The predicted octanol–water partition coefficient (Wildman–Crippen LogP) is 1.16. The van der Waals surface area contributed by atoms with E-state index in [1.54, 1.807) is 6.07 Å². The van der Waals surface area contributed by atoms with Gasteiger partial charge in [0.15, 0.2) is 0 Å². The first-order valence-corrected chi connectivity index (χ1v) is 8.70. The van der Waals surface area contributed by atoms with Crippen LogP contribution in [-0.4, -0.2) is 57.9 Å². The molecule has 1 aromatic heterocycles. The molecule has 4 rings (SSSR count). The van der Waals surface area contributed by atoms with Gasteiger partial charge in [-0.15, -0.1) is 0 Å². The number of carbonyl (C=O) groups is 1. The van der Waals surface area contributed by atoms with E-state index in [-0.39, 0.29) is 11.5 Å². The highest BCUT2D eigenvalue weighted by Gasteiger charge is 2.32. The van der Waals surface area contributed by atoms with Crippen molar-refractivity contribution in [1.82, 2.24) is 19.8 Å². The van der Waals surface area contributed by atoms with E-state index in [1.807, 2.05) is 23.1 Å². The number of aromatic nitrogens is 2. The highest BCUT2D eigenvalue weighted by atomic mass is 16.2. The van der Waals surface area contributed by atoms with E-state index in [1.165, 1.54) is 19.5 Å². The molecule has 2 aliphatic rings. The third-order valence-corrected chi connectivity index (χ3v) is 5.16. The number of carbonyl (C=O) groups excluding carboxylic acids is 1. The fourth-order valence-corrected chi connectivity index (χ4v) is 3.61. The molecule has 2 fully saturated rings. The second-order valence-corrected chi connectivity index (χ2v) is 6.70. The molecule has 1 N–H and O–H groups in total. The van der Waals surface area contributed by atoms with Crippen molar-refractivity contribution in [2.24, 2.45) is 0 Å². The highest BCUT2D eigenvalue weighted by molar-refractivity contribution is 5.78. The van der Waals surface area contributed by atoms with Gasteiger partial charge in [-0.25, -0.2) is 4.98 Å². The summed E-state index contributed by atoms with van der Waals surface area (Å²) in [6, 6.07) is 7.82. The molecule has 0 saturated carbocycles. The van der Waals surface area contributed by atoms with Crippen LogP contribution in [0.25, 0.3) is 10.9 Å². The van der Waals surface area contributed by atoms with Crippen molar-refractivity contribution in [3.63, 3.8) is 0 Å². The molecule has 2 aliphatic heterocycles. The van der Waals surface area contributed by atoms with Crippen molar-refractivity contribution in [2.75, 3.05) is 26.2 Å². The van der Waals surface area contributed by atoms with Gasteiger partial charge in [-0.1, -0.05) is 12.1 Å². The number of nitrogens with one attached hydrogen (secondary N) is 1. The summed E-state index contributed by atoms with van der Waals surface area (Å²) in [5, 5.41) is 0.588. The second kappa shape index (κ2) is 6.36. The Labute approximate surface area is 140 Å². The van der Waals surface area contributed by atoms with Gasteiger partial charge in [0.25, 0.3) is 5.56 Å². The van der Waals surface area contributed by atoms with Gasteiger partial charge in [-0.05, 0) is 38.1 Å². The average molecular weight is 326 g/mol. The lowest BCUT2D eigenvalue weighted by Crippen LogP contribution is -2.46. The molecule has 2 aromatic rings. The van der Waals surface area contributed by atoms with Gasteiger partial charge in [-0.3, -0.25) is 14.5 Å². The molecule has 1 amide bonds. The van der Waals surface area contributed by atoms with Crippen molar-refractivity contribution in [3.05, 3.63) is 40.4 Å². The molecule has 24 heavy (non-hydrogen) atoms. The number of rotatable bonds is 4. The lowest BCUT2D eigenvalue weighted by atomic mass is 10.1. The van der Waals surface area contributed by atoms with Crippen molar-refractivity contribution >= 4 is 16.8 Å². The summed E-state index contributed by atoms with van der Waals surface area (Å²) >= 11 is 0. The van der Waals surface area contributed by atoms with E-state index < -0.39 is 0 Å². The van der Waals surface area contributed by atoms with Gasteiger partial charge in [0, 0.05) is 32.0 Å². The third kappa shape index (κ3) is 2.94. The van der Waals surface area contributed by atoms with Gasteiger partial charge >= 0.3 is 0 Å². The summed E-state index contributed by atoms with van der Waals surface area (Å²) in [5.41, 5.74) is 0.546. The Morgan fingerprint density at radius 3 is 2.88 bits per heavy atom. The van der Waals surface area contributed by atoms with Crippen molar-refractivity contribution < 1.29 is 4.79 Å². The number of para-hydroxylation sites is 1. The molecule has 3 heterocycles. The topological polar surface area (TPSA) is 69.3 Å². The first-order chi connectivity index (χ1) is 11.7. The maximum atomic E-state index is 12.4. The lowest BCUT2D eigenvalue weighted by Gasteiger charge is -2.36.